The number of carbonyl (C=O) groups excluding carboxylic acids is 1. The van der Waals surface area contributed by atoms with E-state index in [1.165, 1.54) is 89.9 Å². The van der Waals surface area contributed by atoms with Crippen molar-refractivity contribution in [2.45, 2.75) is 103 Å². The number of amides is 1. The molecule has 0 heterocycles. The van der Waals surface area contributed by atoms with Gasteiger partial charge in [-0.25, -0.2) is 0 Å². The SMILES string of the molecule is CCCCCCCCCCCCCCCCC=CNC(=O)c1cc(Cl)cc(Cl)c1. The standard InChI is InChI=1S/C25H39Cl2NO/c1-2-3-4-5-6-7-8-9-10-11-12-13-14-15-16-17-18-28-25(29)22-19-23(26)21-24(27)20-22/h17-21H,2-16H2,1H3,(H,28,29). The number of hydrogen-bond acceptors (Lipinski definition) is 1. The van der Waals surface area contributed by atoms with E-state index in [4.69, 9.17) is 23.2 Å². The molecule has 0 saturated heterocycles. The zero-order valence-corrected chi connectivity index (χ0v) is 19.7. The number of halogens is 2. The molecule has 2 nitrogen and oxygen atoms in total. The van der Waals surface area contributed by atoms with E-state index in [9.17, 15) is 4.79 Å². The second-order valence-corrected chi connectivity index (χ2v) is 8.79. The molecule has 1 aromatic rings. The Morgan fingerprint density at radius 2 is 1.21 bits per heavy atom. The molecular weight excluding hydrogens is 401 g/mol. The maximum Gasteiger partial charge on any atom is 0.255 e. The van der Waals surface area contributed by atoms with Crippen molar-refractivity contribution in [1.29, 1.82) is 0 Å². The summed E-state index contributed by atoms with van der Waals surface area (Å²) in [5.41, 5.74) is 0.476. The van der Waals surface area contributed by atoms with Gasteiger partial charge in [-0.05, 0) is 31.0 Å². The first-order valence-electron chi connectivity index (χ1n) is 11.6. The lowest BCUT2D eigenvalue weighted by atomic mass is 10.0. The topological polar surface area (TPSA) is 29.1 Å². The molecule has 1 amide bonds. The number of carbonyl (C=O) groups is 1. The van der Waals surface area contributed by atoms with E-state index >= 15 is 0 Å². The van der Waals surface area contributed by atoms with Crippen LogP contribution in [-0.2, 0) is 0 Å². The summed E-state index contributed by atoms with van der Waals surface area (Å²) in [6, 6.07) is 4.85. The van der Waals surface area contributed by atoms with Crippen LogP contribution in [0.4, 0.5) is 0 Å². The van der Waals surface area contributed by atoms with Gasteiger partial charge in [0.1, 0.15) is 0 Å². The highest BCUT2D eigenvalue weighted by atomic mass is 35.5. The molecule has 0 aliphatic carbocycles. The minimum absolute atomic E-state index is 0.188. The van der Waals surface area contributed by atoms with Gasteiger partial charge in [-0.2, -0.15) is 0 Å². The highest BCUT2D eigenvalue weighted by Crippen LogP contribution is 2.19. The predicted molar refractivity (Wildman–Crippen MR) is 128 cm³/mol. The van der Waals surface area contributed by atoms with Gasteiger partial charge in [-0.15, -0.1) is 0 Å². The van der Waals surface area contributed by atoms with Crippen LogP contribution in [0.3, 0.4) is 0 Å². The molecular formula is C25H39Cl2NO. The molecule has 0 atom stereocenters. The van der Waals surface area contributed by atoms with Gasteiger partial charge in [0, 0.05) is 21.8 Å². The van der Waals surface area contributed by atoms with E-state index in [-0.39, 0.29) is 5.91 Å². The summed E-state index contributed by atoms with van der Waals surface area (Å²) >= 11 is 11.8. The molecule has 1 N–H and O–H groups in total. The lowest BCUT2D eigenvalue weighted by Gasteiger charge is -2.03. The summed E-state index contributed by atoms with van der Waals surface area (Å²) in [5, 5.41) is 3.70. The van der Waals surface area contributed by atoms with Crippen LogP contribution in [0.5, 0.6) is 0 Å². The highest BCUT2D eigenvalue weighted by Gasteiger charge is 2.05. The zero-order chi connectivity index (χ0) is 21.2. The molecule has 164 valence electrons. The fraction of sp³-hybridized carbons (Fsp3) is 0.640. The van der Waals surface area contributed by atoms with Crippen LogP contribution in [-0.4, -0.2) is 5.91 Å². The number of benzene rings is 1. The molecule has 1 aromatic carbocycles. The van der Waals surface area contributed by atoms with Crippen LogP contribution in [0, 0.1) is 0 Å². The van der Waals surface area contributed by atoms with E-state index in [0.717, 1.165) is 6.42 Å². The first-order chi connectivity index (χ1) is 14.1. The van der Waals surface area contributed by atoms with Crippen LogP contribution in [0.25, 0.3) is 0 Å². The van der Waals surface area contributed by atoms with E-state index in [2.05, 4.69) is 12.2 Å². The average molecular weight is 440 g/mol. The summed E-state index contributed by atoms with van der Waals surface area (Å²) in [6.07, 6.45) is 23.9. The van der Waals surface area contributed by atoms with Gasteiger partial charge in [0.15, 0.2) is 0 Å². The van der Waals surface area contributed by atoms with Crippen LogP contribution in [0.2, 0.25) is 10.0 Å². The number of rotatable bonds is 17. The number of allylic oxidation sites excluding steroid dienone is 1. The molecule has 0 unspecified atom stereocenters. The number of unbranched alkanes of at least 4 members (excludes halogenated alkanes) is 14. The third-order valence-corrected chi connectivity index (χ3v) is 5.62. The third-order valence-electron chi connectivity index (χ3n) is 5.18. The first kappa shape index (κ1) is 26.0. The molecule has 0 aromatic heterocycles. The summed E-state index contributed by atoms with van der Waals surface area (Å²) in [5.74, 6) is -0.188. The van der Waals surface area contributed by atoms with Gasteiger partial charge in [-0.1, -0.05) is 120 Å². The molecule has 4 heteroatoms. The third kappa shape index (κ3) is 14.6. The minimum Gasteiger partial charge on any atom is -0.329 e. The van der Waals surface area contributed by atoms with Gasteiger partial charge < -0.3 is 5.32 Å². The fourth-order valence-electron chi connectivity index (χ4n) is 3.44. The molecule has 0 bridgehead atoms. The maximum atomic E-state index is 12.0. The van der Waals surface area contributed by atoms with Crippen molar-refractivity contribution in [3.05, 3.63) is 46.1 Å². The second-order valence-electron chi connectivity index (χ2n) is 7.92. The van der Waals surface area contributed by atoms with Crippen molar-refractivity contribution in [3.8, 4) is 0 Å². The molecule has 0 fully saturated rings. The lowest BCUT2D eigenvalue weighted by Crippen LogP contribution is -2.16. The van der Waals surface area contributed by atoms with Crippen molar-refractivity contribution >= 4 is 29.1 Å². The Hall–Kier alpha value is -0.990. The zero-order valence-electron chi connectivity index (χ0n) is 18.2. The molecule has 0 aliphatic rings. The van der Waals surface area contributed by atoms with E-state index in [1.54, 1.807) is 24.4 Å². The van der Waals surface area contributed by atoms with E-state index in [1.807, 2.05) is 6.08 Å². The summed E-state index contributed by atoms with van der Waals surface area (Å²) in [6.45, 7) is 2.27. The van der Waals surface area contributed by atoms with Crippen molar-refractivity contribution in [2.75, 3.05) is 0 Å². The quantitative estimate of drug-likeness (QED) is 0.240. The van der Waals surface area contributed by atoms with E-state index in [0.29, 0.717) is 15.6 Å². The Labute approximate surface area is 188 Å². The van der Waals surface area contributed by atoms with Crippen molar-refractivity contribution < 1.29 is 4.79 Å². The van der Waals surface area contributed by atoms with Crippen LogP contribution in [0.15, 0.2) is 30.5 Å². The van der Waals surface area contributed by atoms with Crippen LogP contribution < -0.4 is 5.32 Å². The predicted octanol–water partition coefficient (Wildman–Crippen LogP) is 9.11. The molecule has 29 heavy (non-hydrogen) atoms. The number of nitrogens with one attached hydrogen (secondary N) is 1. The Morgan fingerprint density at radius 3 is 1.69 bits per heavy atom. The lowest BCUT2D eigenvalue weighted by molar-refractivity contribution is 0.0970. The average Bonchev–Trinajstić information content (AvgIpc) is 2.69. The van der Waals surface area contributed by atoms with Gasteiger partial charge in [0.2, 0.25) is 0 Å². The summed E-state index contributed by atoms with van der Waals surface area (Å²) < 4.78 is 0. The molecule has 0 aliphatic heterocycles. The normalized spacial score (nSPS) is 11.3. The summed E-state index contributed by atoms with van der Waals surface area (Å²) in [7, 11) is 0. The second kappa shape index (κ2) is 17.8. The minimum atomic E-state index is -0.188. The molecule has 0 radical (unpaired) electrons. The van der Waals surface area contributed by atoms with Crippen molar-refractivity contribution in [3.63, 3.8) is 0 Å². The first-order valence-corrected chi connectivity index (χ1v) is 12.3. The highest BCUT2D eigenvalue weighted by molar-refractivity contribution is 6.35. The Balaban J connectivity index is 1.90. The fourth-order valence-corrected chi connectivity index (χ4v) is 3.97. The van der Waals surface area contributed by atoms with Gasteiger partial charge in [0.25, 0.3) is 5.91 Å². The largest absolute Gasteiger partial charge is 0.329 e. The van der Waals surface area contributed by atoms with Crippen LogP contribution >= 0.6 is 23.2 Å². The maximum absolute atomic E-state index is 12.0. The van der Waals surface area contributed by atoms with E-state index < -0.39 is 0 Å². The van der Waals surface area contributed by atoms with Crippen molar-refractivity contribution in [2.24, 2.45) is 0 Å². The Morgan fingerprint density at radius 1 is 0.759 bits per heavy atom. The Kier molecular flexibility index (Phi) is 16.0. The Bertz CT molecular complexity index is 566. The summed E-state index contributed by atoms with van der Waals surface area (Å²) in [4.78, 5) is 12.0. The monoisotopic (exact) mass is 439 g/mol. The van der Waals surface area contributed by atoms with Crippen LogP contribution in [0.1, 0.15) is 114 Å². The molecule has 1 rings (SSSR count). The van der Waals surface area contributed by atoms with Gasteiger partial charge in [-0.3, -0.25) is 4.79 Å². The molecule has 0 saturated carbocycles. The molecule has 0 spiro atoms. The van der Waals surface area contributed by atoms with Gasteiger partial charge >= 0.3 is 0 Å². The number of hydrogen-bond donors (Lipinski definition) is 1. The smallest absolute Gasteiger partial charge is 0.255 e. The van der Waals surface area contributed by atoms with Gasteiger partial charge in [0.05, 0.1) is 0 Å². The van der Waals surface area contributed by atoms with Crippen molar-refractivity contribution in [1.82, 2.24) is 5.32 Å².